The van der Waals surface area contributed by atoms with E-state index in [1.54, 1.807) is 11.8 Å². The quantitative estimate of drug-likeness (QED) is 0.715. The van der Waals surface area contributed by atoms with Gasteiger partial charge >= 0.3 is 0 Å². The minimum absolute atomic E-state index is 0.281. The SMILES string of the molecule is CCN(CC)C(=S)S[C@H](C)n1cccc1-c1ccccc1. The average Bonchev–Trinajstić information content (AvgIpc) is 2.99. The summed E-state index contributed by atoms with van der Waals surface area (Å²) in [5, 5.41) is 0.281. The minimum Gasteiger partial charge on any atom is -0.358 e. The van der Waals surface area contributed by atoms with Gasteiger partial charge in [-0.1, -0.05) is 54.3 Å². The van der Waals surface area contributed by atoms with Crippen LogP contribution in [0.1, 0.15) is 26.1 Å². The summed E-state index contributed by atoms with van der Waals surface area (Å²) < 4.78 is 3.26. The first-order valence-electron chi connectivity index (χ1n) is 7.35. The van der Waals surface area contributed by atoms with E-state index in [0.717, 1.165) is 17.4 Å². The van der Waals surface area contributed by atoms with Gasteiger partial charge in [0.05, 0.1) is 5.37 Å². The Bertz CT molecular complexity index is 573. The summed E-state index contributed by atoms with van der Waals surface area (Å²) >= 11 is 7.30. The first-order chi connectivity index (χ1) is 10.2. The van der Waals surface area contributed by atoms with Crippen LogP contribution in [0.3, 0.4) is 0 Å². The van der Waals surface area contributed by atoms with Crippen LogP contribution in [0.25, 0.3) is 11.3 Å². The average molecular weight is 319 g/mol. The molecule has 0 unspecified atom stereocenters. The Morgan fingerprint density at radius 3 is 2.43 bits per heavy atom. The molecular weight excluding hydrogens is 296 g/mol. The third-order valence-corrected chi connectivity index (χ3v) is 5.11. The van der Waals surface area contributed by atoms with Gasteiger partial charge in [0, 0.05) is 25.0 Å². The molecule has 21 heavy (non-hydrogen) atoms. The Hall–Kier alpha value is -1.26. The van der Waals surface area contributed by atoms with E-state index in [-0.39, 0.29) is 5.37 Å². The van der Waals surface area contributed by atoms with E-state index in [1.165, 1.54) is 11.3 Å². The molecule has 0 spiro atoms. The predicted molar refractivity (Wildman–Crippen MR) is 97.7 cm³/mol. The number of thioether (sulfide) groups is 1. The van der Waals surface area contributed by atoms with Gasteiger partial charge in [-0.2, -0.15) is 0 Å². The molecule has 0 amide bonds. The third-order valence-electron chi connectivity index (χ3n) is 3.53. The van der Waals surface area contributed by atoms with E-state index in [1.807, 2.05) is 6.07 Å². The standard InChI is InChI=1S/C17H22N2S2/c1-4-18(5-2)17(20)21-14(3)19-13-9-12-16(19)15-10-7-6-8-11-15/h6-14H,4-5H2,1-3H3/t14-/m1/s1. The summed E-state index contributed by atoms with van der Waals surface area (Å²) in [6.07, 6.45) is 2.13. The van der Waals surface area contributed by atoms with Crippen molar-refractivity contribution in [2.24, 2.45) is 0 Å². The molecule has 0 saturated carbocycles. The maximum Gasteiger partial charge on any atom is 0.138 e. The van der Waals surface area contributed by atoms with Crippen molar-refractivity contribution in [2.75, 3.05) is 13.1 Å². The molecule has 2 rings (SSSR count). The molecule has 1 atom stereocenters. The highest BCUT2D eigenvalue weighted by molar-refractivity contribution is 8.22. The van der Waals surface area contributed by atoms with Gasteiger partial charge in [0.15, 0.2) is 0 Å². The maximum absolute atomic E-state index is 5.56. The monoisotopic (exact) mass is 318 g/mol. The fraction of sp³-hybridized carbons (Fsp3) is 0.353. The Morgan fingerprint density at radius 1 is 1.14 bits per heavy atom. The fourth-order valence-corrected chi connectivity index (χ4v) is 4.00. The molecule has 4 heteroatoms. The molecule has 0 aliphatic carbocycles. The second-order valence-electron chi connectivity index (χ2n) is 4.82. The topological polar surface area (TPSA) is 8.17 Å². The van der Waals surface area contributed by atoms with Crippen molar-refractivity contribution < 1.29 is 0 Å². The normalized spacial score (nSPS) is 12.1. The van der Waals surface area contributed by atoms with Crippen LogP contribution in [-0.2, 0) is 0 Å². The van der Waals surface area contributed by atoms with Crippen molar-refractivity contribution in [1.82, 2.24) is 9.47 Å². The highest BCUT2D eigenvalue weighted by Gasteiger charge is 2.15. The summed E-state index contributed by atoms with van der Waals surface area (Å²) in [4.78, 5) is 2.22. The van der Waals surface area contributed by atoms with Gasteiger partial charge in [-0.25, -0.2) is 0 Å². The molecule has 2 aromatic rings. The molecule has 0 bridgehead atoms. The van der Waals surface area contributed by atoms with Gasteiger partial charge in [-0.15, -0.1) is 0 Å². The van der Waals surface area contributed by atoms with Crippen LogP contribution in [-0.4, -0.2) is 26.9 Å². The third kappa shape index (κ3) is 3.89. The molecule has 0 aliphatic rings. The van der Waals surface area contributed by atoms with Gasteiger partial charge in [0.2, 0.25) is 0 Å². The molecule has 1 aromatic carbocycles. The summed E-state index contributed by atoms with van der Waals surface area (Å²) in [6.45, 7) is 8.42. The highest BCUT2D eigenvalue weighted by atomic mass is 32.2. The number of hydrogen-bond donors (Lipinski definition) is 0. The predicted octanol–water partition coefficient (Wildman–Crippen LogP) is 5.03. The van der Waals surface area contributed by atoms with E-state index in [0.29, 0.717) is 0 Å². The van der Waals surface area contributed by atoms with Crippen molar-refractivity contribution in [3.8, 4) is 11.3 Å². The van der Waals surface area contributed by atoms with Gasteiger partial charge in [0.25, 0.3) is 0 Å². The zero-order valence-electron chi connectivity index (χ0n) is 12.8. The van der Waals surface area contributed by atoms with E-state index >= 15 is 0 Å². The van der Waals surface area contributed by atoms with Gasteiger partial charge in [-0.3, -0.25) is 0 Å². The van der Waals surface area contributed by atoms with E-state index in [4.69, 9.17) is 12.2 Å². The summed E-state index contributed by atoms with van der Waals surface area (Å²) in [5.41, 5.74) is 2.47. The van der Waals surface area contributed by atoms with Crippen LogP contribution in [0.2, 0.25) is 0 Å². The number of benzene rings is 1. The van der Waals surface area contributed by atoms with Crippen LogP contribution < -0.4 is 0 Å². The molecular formula is C17H22N2S2. The second-order valence-corrected chi connectivity index (χ2v) is 6.77. The first-order valence-corrected chi connectivity index (χ1v) is 8.64. The first kappa shape index (κ1) is 16.1. The highest BCUT2D eigenvalue weighted by Crippen LogP contribution is 2.31. The fourth-order valence-electron chi connectivity index (χ4n) is 2.32. The molecule has 112 valence electrons. The lowest BCUT2D eigenvalue weighted by atomic mass is 10.1. The van der Waals surface area contributed by atoms with Crippen LogP contribution in [0.5, 0.6) is 0 Å². The van der Waals surface area contributed by atoms with Gasteiger partial charge in [0.1, 0.15) is 4.32 Å². The molecule has 0 radical (unpaired) electrons. The van der Waals surface area contributed by atoms with Crippen LogP contribution >= 0.6 is 24.0 Å². The largest absolute Gasteiger partial charge is 0.358 e. The molecule has 0 fully saturated rings. The number of rotatable bonds is 5. The molecule has 1 heterocycles. The molecule has 0 N–H and O–H groups in total. The summed E-state index contributed by atoms with van der Waals surface area (Å²) in [5.74, 6) is 0. The zero-order valence-corrected chi connectivity index (χ0v) is 14.5. The lowest BCUT2D eigenvalue weighted by molar-refractivity contribution is 0.482. The Morgan fingerprint density at radius 2 is 1.81 bits per heavy atom. The Balaban J connectivity index is 2.16. The van der Waals surface area contributed by atoms with Crippen molar-refractivity contribution in [2.45, 2.75) is 26.1 Å². The molecule has 0 aliphatic heterocycles. The van der Waals surface area contributed by atoms with Gasteiger partial charge < -0.3 is 9.47 Å². The summed E-state index contributed by atoms with van der Waals surface area (Å²) in [7, 11) is 0. The van der Waals surface area contributed by atoms with Crippen LogP contribution in [0, 0.1) is 0 Å². The molecule has 0 saturated heterocycles. The number of thiocarbonyl (C=S) groups is 1. The van der Waals surface area contributed by atoms with Crippen molar-refractivity contribution in [3.05, 3.63) is 48.7 Å². The summed E-state index contributed by atoms with van der Waals surface area (Å²) in [6, 6.07) is 14.7. The van der Waals surface area contributed by atoms with Crippen molar-refractivity contribution >= 4 is 28.3 Å². The number of nitrogens with zero attached hydrogens (tertiary/aromatic N) is 2. The van der Waals surface area contributed by atoms with Crippen LogP contribution in [0.4, 0.5) is 0 Å². The zero-order chi connectivity index (χ0) is 15.2. The van der Waals surface area contributed by atoms with Gasteiger partial charge in [-0.05, 0) is 38.5 Å². The van der Waals surface area contributed by atoms with Crippen molar-refractivity contribution in [3.63, 3.8) is 0 Å². The lowest BCUT2D eigenvalue weighted by Crippen LogP contribution is -2.27. The Kier molecular flexibility index (Phi) is 5.88. The Labute approximate surface area is 137 Å². The second kappa shape index (κ2) is 7.66. The van der Waals surface area contributed by atoms with Crippen molar-refractivity contribution in [1.29, 1.82) is 0 Å². The number of aromatic nitrogens is 1. The molecule has 1 aromatic heterocycles. The smallest absolute Gasteiger partial charge is 0.138 e. The van der Waals surface area contributed by atoms with E-state index in [2.05, 4.69) is 72.8 Å². The van der Waals surface area contributed by atoms with E-state index < -0.39 is 0 Å². The minimum atomic E-state index is 0.281. The maximum atomic E-state index is 5.56. The number of hydrogen-bond acceptors (Lipinski definition) is 2. The van der Waals surface area contributed by atoms with E-state index in [9.17, 15) is 0 Å². The lowest BCUT2D eigenvalue weighted by Gasteiger charge is -2.24. The van der Waals surface area contributed by atoms with Crippen LogP contribution in [0.15, 0.2) is 48.7 Å². The molecule has 2 nitrogen and oxygen atoms in total.